The Labute approximate surface area is 119 Å². The molecule has 1 aromatic heterocycles. The van der Waals surface area contributed by atoms with Gasteiger partial charge in [-0.05, 0) is 44.9 Å². The van der Waals surface area contributed by atoms with Gasteiger partial charge in [0.25, 0.3) is 5.56 Å². The summed E-state index contributed by atoms with van der Waals surface area (Å²) in [4.78, 5) is 12.4. The summed E-state index contributed by atoms with van der Waals surface area (Å²) < 4.78 is 1.47. The number of benzene rings is 1. The van der Waals surface area contributed by atoms with Crippen LogP contribution in [0.15, 0.2) is 29.1 Å². The van der Waals surface area contributed by atoms with Gasteiger partial charge in [-0.2, -0.15) is 5.10 Å². The molecule has 0 aliphatic heterocycles. The van der Waals surface area contributed by atoms with Gasteiger partial charge < -0.3 is 5.73 Å². The number of hydrogen-bond donors (Lipinski definition) is 1. The van der Waals surface area contributed by atoms with Gasteiger partial charge in [0.15, 0.2) is 0 Å². The molecule has 0 aliphatic rings. The van der Waals surface area contributed by atoms with Crippen LogP contribution in [-0.2, 0) is 6.54 Å². The van der Waals surface area contributed by atoms with E-state index >= 15 is 0 Å². The average Bonchev–Trinajstić information content (AvgIpc) is 2.42. The Hall–Kier alpha value is -1.94. The van der Waals surface area contributed by atoms with Crippen LogP contribution in [0.3, 0.4) is 0 Å². The van der Waals surface area contributed by atoms with Crippen LogP contribution in [-0.4, -0.2) is 9.78 Å². The molecule has 1 atom stereocenters. The first kappa shape index (κ1) is 14.5. The molecule has 0 spiro atoms. The number of aromatic nitrogens is 2. The molecule has 0 saturated heterocycles. The minimum Gasteiger partial charge on any atom is -0.320 e. The van der Waals surface area contributed by atoms with Crippen LogP contribution in [0.4, 0.5) is 0 Å². The highest BCUT2D eigenvalue weighted by molar-refractivity contribution is 5.38. The summed E-state index contributed by atoms with van der Waals surface area (Å²) in [7, 11) is 0. The first-order chi connectivity index (χ1) is 9.43. The third kappa shape index (κ3) is 2.65. The standard InChI is InChI=1S/C16H21N3O/c1-5-19-16(20)14(9-12(4)18-19)15(17)13-8-10(2)6-7-11(13)3/h6-9,15H,5,17H2,1-4H3. The topological polar surface area (TPSA) is 60.9 Å². The molecule has 0 bridgehead atoms. The summed E-state index contributed by atoms with van der Waals surface area (Å²) in [6, 6.07) is 7.51. The van der Waals surface area contributed by atoms with E-state index in [1.807, 2.05) is 45.9 Å². The van der Waals surface area contributed by atoms with E-state index in [0.717, 1.165) is 22.4 Å². The summed E-state index contributed by atoms with van der Waals surface area (Å²) in [5.41, 5.74) is 10.9. The molecule has 4 nitrogen and oxygen atoms in total. The fourth-order valence-corrected chi connectivity index (χ4v) is 2.40. The lowest BCUT2D eigenvalue weighted by molar-refractivity contribution is 0.591. The van der Waals surface area contributed by atoms with Crippen molar-refractivity contribution in [1.29, 1.82) is 0 Å². The Morgan fingerprint density at radius 1 is 1.20 bits per heavy atom. The van der Waals surface area contributed by atoms with E-state index < -0.39 is 6.04 Å². The Morgan fingerprint density at radius 2 is 1.90 bits per heavy atom. The molecule has 2 N–H and O–H groups in total. The first-order valence-corrected chi connectivity index (χ1v) is 6.85. The number of nitrogens with zero attached hydrogens (tertiary/aromatic N) is 2. The molecule has 0 radical (unpaired) electrons. The lowest BCUT2D eigenvalue weighted by Gasteiger charge is -2.17. The van der Waals surface area contributed by atoms with Gasteiger partial charge in [0.2, 0.25) is 0 Å². The average molecular weight is 271 g/mol. The highest BCUT2D eigenvalue weighted by atomic mass is 16.1. The van der Waals surface area contributed by atoms with Gasteiger partial charge in [0, 0.05) is 12.1 Å². The summed E-state index contributed by atoms with van der Waals surface area (Å²) >= 11 is 0. The molecular weight excluding hydrogens is 250 g/mol. The molecule has 0 fully saturated rings. The lowest BCUT2D eigenvalue weighted by atomic mass is 9.95. The molecule has 2 aromatic rings. The van der Waals surface area contributed by atoms with Gasteiger partial charge in [-0.25, -0.2) is 4.68 Å². The number of hydrogen-bond acceptors (Lipinski definition) is 3. The molecule has 20 heavy (non-hydrogen) atoms. The predicted molar refractivity (Wildman–Crippen MR) is 80.9 cm³/mol. The molecule has 1 unspecified atom stereocenters. The number of aryl methyl sites for hydroxylation is 4. The van der Waals surface area contributed by atoms with Crippen molar-refractivity contribution in [2.45, 2.75) is 40.3 Å². The van der Waals surface area contributed by atoms with E-state index in [2.05, 4.69) is 5.10 Å². The lowest BCUT2D eigenvalue weighted by Crippen LogP contribution is -2.31. The Balaban J connectivity index is 2.59. The van der Waals surface area contributed by atoms with Crippen LogP contribution >= 0.6 is 0 Å². The first-order valence-electron chi connectivity index (χ1n) is 6.85. The van der Waals surface area contributed by atoms with Crippen LogP contribution in [0, 0.1) is 20.8 Å². The van der Waals surface area contributed by atoms with E-state index in [0.29, 0.717) is 12.1 Å². The van der Waals surface area contributed by atoms with Gasteiger partial charge in [-0.1, -0.05) is 23.8 Å². The summed E-state index contributed by atoms with van der Waals surface area (Å²) in [5, 5.41) is 4.22. The zero-order valence-electron chi connectivity index (χ0n) is 12.5. The van der Waals surface area contributed by atoms with Crippen molar-refractivity contribution in [2.24, 2.45) is 5.73 Å². The molecule has 1 heterocycles. The largest absolute Gasteiger partial charge is 0.320 e. The van der Waals surface area contributed by atoms with Crippen LogP contribution in [0.25, 0.3) is 0 Å². The summed E-state index contributed by atoms with van der Waals surface area (Å²) in [5.74, 6) is 0. The predicted octanol–water partition coefficient (Wildman–Crippen LogP) is 2.24. The van der Waals surface area contributed by atoms with Crippen molar-refractivity contribution in [3.63, 3.8) is 0 Å². The van der Waals surface area contributed by atoms with Crippen molar-refractivity contribution >= 4 is 0 Å². The van der Waals surface area contributed by atoms with Gasteiger partial charge >= 0.3 is 0 Å². The zero-order valence-corrected chi connectivity index (χ0v) is 12.5. The second-order valence-corrected chi connectivity index (χ2v) is 5.20. The number of nitrogens with two attached hydrogens (primary N) is 1. The monoisotopic (exact) mass is 271 g/mol. The minimum atomic E-state index is -0.415. The molecule has 0 amide bonds. The Kier molecular flexibility index (Phi) is 4.04. The van der Waals surface area contributed by atoms with E-state index in [1.54, 1.807) is 6.07 Å². The normalized spacial score (nSPS) is 12.4. The van der Waals surface area contributed by atoms with Crippen LogP contribution in [0.2, 0.25) is 0 Å². The van der Waals surface area contributed by atoms with Crippen LogP contribution < -0.4 is 11.3 Å². The minimum absolute atomic E-state index is 0.105. The quantitative estimate of drug-likeness (QED) is 0.931. The highest BCUT2D eigenvalue weighted by Crippen LogP contribution is 2.22. The maximum atomic E-state index is 12.4. The molecule has 0 saturated carbocycles. The zero-order chi connectivity index (χ0) is 14.9. The van der Waals surface area contributed by atoms with Crippen LogP contribution in [0.5, 0.6) is 0 Å². The fraction of sp³-hybridized carbons (Fsp3) is 0.375. The van der Waals surface area contributed by atoms with Crippen LogP contribution in [0.1, 0.15) is 40.9 Å². The molecule has 106 valence electrons. The van der Waals surface area contributed by atoms with Crippen molar-refractivity contribution in [3.8, 4) is 0 Å². The van der Waals surface area contributed by atoms with Gasteiger partial charge in [-0.3, -0.25) is 4.79 Å². The Morgan fingerprint density at radius 3 is 2.55 bits per heavy atom. The molecule has 2 rings (SSSR count). The maximum absolute atomic E-state index is 12.4. The second-order valence-electron chi connectivity index (χ2n) is 5.20. The third-order valence-electron chi connectivity index (χ3n) is 3.53. The van der Waals surface area contributed by atoms with Gasteiger partial charge in [0.05, 0.1) is 11.7 Å². The van der Waals surface area contributed by atoms with Crippen molar-refractivity contribution in [2.75, 3.05) is 0 Å². The van der Waals surface area contributed by atoms with Crippen molar-refractivity contribution < 1.29 is 0 Å². The van der Waals surface area contributed by atoms with Gasteiger partial charge in [0.1, 0.15) is 0 Å². The van der Waals surface area contributed by atoms with E-state index in [4.69, 9.17) is 5.73 Å². The summed E-state index contributed by atoms with van der Waals surface area (Å²) in [6.07, 6.45) is 0. The fourth-order valence-electron chi connectivity index (χ4n) is 2.40. The molecule has 1 aromatic carbocycles. The second kappa shape index (κ2) is 5.59. The SMILES string of the molecule is CCn1nc(C)cc(C(N)c2cc(C)ccc2C)c1=O. The van der Waals surface area contributed by atoms with Crippen molar-refractivity contribution in [3.05, 3.63) is 62.6 Å². The van der Waals surface area contributed by atoms with Gasteiger partial charge in [-0.15, -0.1) is 0 Å². The van der Waals surface area contributed by atoms with E-state index in [9.17, 15) is 4.79 Å². The highest BCUT2D eigenvalue weighted by Gasteiger charge is 2.17. The number of rotatable bonds is 3. The van der Waals surface area contributed by atoms with E-state index in [1.165, 1.54) is 4.68 Å². The van der Waals surface area contributed by atoms with E-state index in [-0.39, 0.29) is 5.56 Å². The Bertz CT molecular complexity index is 689. The molecular formula is C16H21N3O. The molecule has 4 heteroatoms. The third-order valence-corrected chi connectivity index (χ3v) is 3.53. The summed E-state index contributed by atoms with van der Waals surface area (Å²) in [6.45, 7) is 8.37. The smallest absolute Gasteiger partial charge is 0.271 e. The maximum Gasteiger partial charge on any atom is 0.271 e. The van der Waals surface area contributed by atoms with Crippen molar-refractivity contribution in [1.82, 2.24) is 9.78 Å². The molecule has 0 aliphatic carbocycles.